The summed E-state index contributed by atoms with van der Waals surface area (Å²) in [6.45, 7) is 8.25. The predicted octanol–water partition coefficient (Wildman–Crippen LogP) is 3.40. The van der Waals surface area contributed by atoms with Crippen molar-refractivity contribution in [1.29, 1.82) is 0 Å². The highest BCUT2D eigenvalue weighted by atomic mass is 15.1. The zero-order valence-electron chi connectivity index (χ0n) is 9.68. The minimum atomic E-state index is 1.28. The maximum atomic E-state index is 2.19. The summed E-state index contributed by atoms with van der Waals surface area (Å²) < 4.78 is 0. The summed E-state index contributed by atoms with van der Waals surface area (Å²) in [5.74, 6) is 0. The van der Waals surface area contributed by atoms with Crippen molar-refractivity contribution in [2.45, 2.75) is 27.7 Å². The highest BCUT2D eigenvalue weighted by Crippen LogP contribution is 2.15. The van der Waals surface area contributed by atoms with Crippen LogP contribution in [0.3, 0.4) is 0 Å². The molecule has 0 atom stereocenters. The van der Waals surface area contributed by atoms with Crippen molar-refractivity contribution >= 4 is 5.69 Å². The van der Waals surface area contributed by atoms with Gasteiger partial charge in [-0.05, 0) is 37.1 Å². The van der Waals surface area contributed by atoms with Crippen LogP contribution >= 0.6 is 0 Å². The van der Waals surface area contributed by atoms with E-state index in [2.05, 4.69) is 51.0 Å². The topological polar surface area (TPSA) is 3.24 Å². The van der Waals surface area contributed by atoms with Crippen molar-refractivity contribution in [3.63, 3.8) is 0 Å². The molecule has 1 aromatic rings. The molecule has 0 heterocycles. The normalized spacial score (nSPS) is 8.77. The molecule has 0 N–H and O–H groups in total. The maximum absolute atomic E-state index is 2.19. The van der Waals surface area contributed by atoms with Crippen molar-refractivity contribution in [2.24, 2.45) is 0 Å². The van der Waals surface area contributed by atoms with E-state index in [1.807, 2.05) is 13.8 Å². The number of hydrogen-bond donors (Lipinski definition) is 0. The van der Waals surface area contributed by atoms with Crippen molar-refractivity contribution in [3.05, 3.63) is 29.3 Å². The molecule has 1 rings (SSSR count). The van der Waals surface area contributed by atoms with Crippen LogP contribution in [0.25, 0.3) is 0 Å². The molecular weight excluding hydrogens is 158 g/mol. The van der Waals surface area contributed by atoms with E-state index in [9.17, 15) is 0 Å². The van der Waals surface area contributed by atoms with Gasteiger partial charge in [-0.1, -0.05) is 19.9 Å². The molecule has 1 nitrogen and oxygen atoms in total. The Morgan fingerprint density at radius 3 is 1.54 bits per heavy atom. The molecule has 0 aliphatic heterocycles. The van der Waals surface area contributed by atoms with Crippen molar-refractivity contribution < 1.29 is 0 Å². The van der Waals surface area contributed by atoms with E-state index in [1.165, 1.54) is 16.8 Å². The molecule has 0 aliphatic carbocycles. The Morgan fingerprint density at radius 1 is 0.846 bits per heavy atom. The van der Waals surface area contributed by atoms with Gasteiger partial charge < -0.3 is 4.90 Å². The van der Waals surface area contributed by atoms with Gasteiger partial charge in [-0.25, -0.2) is 0 Å². The third kappa shape index (κ3) is 3.97. The maximum Gasteiger partial charge on any atom is 0.0366 e. The standard InChI is InChI=1S/C10H15N.C2H6/c1-8-5-9(2)7-10(6-8)11(3)4;1-2/h5-7H,1-4H3;1-2H3. The van der Waals surface area contributed by atoms with Gasteiger partial charge in [0.2, 0.25) is 0 Å². The largest absolute Gasteiger partial charge is 0.378 e. The predicted molar refractivity (Wildman–Crippen MR) is 61.6 cm³/mol. The highest BCUT2D eigenvalue weighted by Gasteiger charge is 1.95. The number of hydrogen-bond acceptors (Lipinski definition) is 1. The Labute approximate surface area is 82.4 Å². The summed E-state index contributed by atoms with van der Waals surface area (Å²) in [5.41, 5.74) is 3.94. The van der Waals surface area contributed by atoms with E-state index in [1.54, 1.807) is 0 Å². The first kappa shape index (κ1) is 12.0. The molecule has 0 spiro atoms. The summed E-state index contributed by atoms with van der Waals surface area (Å²) in [6.07, 6.45) is 0. The van der Waals surface area contributed by atoms with Crippen LogP contribution in [0.5, 0.6) is 0 Å². The minimum Gasteiger partial charge on any atom is -0.378 e. The first-order valence-electron chi connectivity index (χ1n) is 4.85. The Balaban J connectivity index is 0.000000671. The van der Waals surface area contributed by atoms with E-state index >= 15 is 0 Å². The quantitative estimate of drug-likeness (QED) is 0.638. The fourth-order valence-electron chi connectivity index (χ4n) is 1.21. The van der Waals surface area contributed by atoms with Crippen molar-refractivity contribution in [3.8, 4) is 0 Å². The zero-order chi connectivity index (χ0) is 10.4. The van der Waals surface area contributed by atoms with Gasteiger partial charge in [-0.3, -0.25) is 0 Å². The van der Waals surface area contributed by atoms with Gasteiger partial charge in [0.05, 0.1) is 0 Å². The molecule has 0 aromatic heterocycles. The molecule has 13 heavy (non-hydrogen) atoms. The number of rotatable bonds is 1. The average molecular weight is 179 g/mol. The molecule has 1 aromatic carbocycles. The summed E-state index contributed by atoms with van der Waals surface area (Å²) >= 11 is 0. The van der Waals surface area contributed by atoms with E-state index in [0.717, 1.165) is 0 Å². The van der Waals surface area contributed by atoms with Crippen LogP contribution in [0, 0.1) is 13.8 Å². The van der Waals surface area contributed by atoms with Crippen LogP contribution in [-0.2, 0) is 0 Å². The lowest BCUT2D eigenvalue weighted by Crippen LogP contribution is -2.08. The summed E-state index contributed by atoms with van der Waals surface area (Å²) in [6, 6.07) is 6.56. The molecule has 0 saturated carbocycles. The fourth-order valence-corrected chi connectivity index (χ4v) is 1.21. The van der Waals surface area contributed by atoms with E-state index in [0.29, 0.717) is 0 Å². The van der Waals surface area contributed by atoms with Gasteiger partial charge in [0, 0.05) is 19.8 Å². The monoisotopic (exact) mass is 179 g/mol. The Bertz CT molecular complexity index is 231. The smallest absolute Gasteiger partial charge is 0.0366 e. The first-order valence-corrected chi connectivity index (χ1v) is 4.85. The van der Waals surface area contributed by atoms with Gasteiger partial charge >= 0.3 is 0 Å². The van der Waals surface area contributed by atoms with Crippen LogP contribution in [0.2, 0.25) is 0 Å². The second-order valence-electron chi connectivity index (χ2n) is 3.24. The summed E-state index contributed by atoms with van der Waals surface area (Å²) in [5, 5.41) is 0. The molecule has 0 radical (unpaired) electrons. The van der Waals surface area contributed by atoms with Crippen molar-refractivity contribution in [2.75, 3.05) is 19.0 Å². The lowest BCUT2D eigenvalue weighted by molar-refractivity contribution is 1.12. The average Bonchev–Trinajstić information content (AvgIpc) is 2.06. The van der Waals surface area contributed by atoms with Gasteiger partial charge in [0.25, 0.3) is 0 Å². The van der Waals surface area contributed by atoms with Crippen LogP contribution in [-0.4, -0.2) is 14.1 Å². The Morgan fingerprint density at radius 2 is 1.23 bits per heavy atom. The first-order chi connectivity index (χ1) is 6.09. The highest BCUT2D eigenvalue weighted by molar-refractivity contribution is 5.49. The number of anilines is 1. The molecule has 0 bridgehead atoms. The van der Waals surface area contributed by atoms with Crippen LogP contribution < -0.4 is 4.90 Å². The molecule has 0 saturated heterocycles. The number of aryl methyl sites for hydroxylation is 2. The van der Waals surface area contributed by atoms with Gasteiger partial charge in [-0.15, -0.1) is 0 Å². The molecule has 0 aliphatic rings. The van der Waals surface area contributed by atoms with E-state index in [4.69, 9.17) is 0 Å². The summed E-state index contributed by atoms with van der Waals surface area (Å²) in [4.78, 5) is 2.12. The minimum absolute atomic E-state index is 1.28. The second kappa shape index (κ2) is 5.63. The third-order valence-electron chi connectivity index (χ3n) is 1.72. The Hall–Kier alpha value is -0.980. The third-order valence-corrected chi connectivity index (χ3v) is 1.72. The van der Waals surface area contributed by atoms with Crippen molar-refractivity contribution in [1.82, 2.24) is 0 Å². The van der Waals surface area contributed by atoms with Crippen LogP contribution in [0.1, 0.15) is 25.0 Å². The molecule has 0 fully saturated rings. The summed E-state index contributed by atoms with van der Waals surface area (Å²) in [7, 11) is 4.13. The lowest BCUT2D eigenvalue weighted by Gasteiger charge is -2.13. The zero-order valence-corrected chi connectivity index (χ0v) is 9.68. The van der Waals surface area contributed by atoms with Gasteiger partial charge in [-0.2, -0.15) is 0 Å². The van der Waals surface area contributed by atoms with E-state index < -0.39 is 0 Å². The molecule has 74 valence electrons. The molecule has 0 unspecified atom stereocenters. The van der Waals surface area contributed by atoms with Gasteiger partial charge in [0.1, 0.15) is 0 Å². The van der Waals surface area contributed by atoms with Crippen LogP contribution in [0.15, 0.2) is 18.2 Å². The lowest BCUT2D eigenvalue weighted by atomic mass is 10.1. The number of nitrogens with zero attached hydrogens (tertiary/aromatic N) is 1. The van der Waals surface area contributed by atoms with E-state index in [-0.39, 0.29) is 0 Å². The Kier molecular flexibility index (Phi) is 5.20. The second-order valence-corrected chi connectivity index (χ2v) is 3.24. The SMILES string of the molecule is CC.Cc1cc(C)cc(N(C)C)c1. The molecular formula is C12H21N. The molecule has 1 heteroatoms. The van der Waals surface area contributed by atoms with Gasteiger partial charge in [0.15, 0.2) is 0 Å². The molecule has 0 amide bonds. The fraction of sp³-hybridized carbons (Fsp3) is 0.500. The number of benzene rings is 1. The van der Waals surface area contributed by atoms with Crippen LogP contribution in [0.4, 0.5) is 5.69 Å².